The molecule has 8 aromatic carbocycles. The second kappa shape index (κ2) is 12.0. The highest BCUT2D eigenvalue weighted by molar-refractivity contribution is 5.97. The Morgan fingerprint density at radius 3 is 1.65 bits per heavy atom. The molecule has 0 fully saturated rings. The van der Waals surface area contributed by atoms with Gasteiger partial charge in [-0.15, -0.1) is 0 Å². The molecule has 1 aliphatic heterocycles. The van der Waals surface area contributed by atoms with Crippen LogP contribution in [-0.2, 0) is 5.41 Å². The first-order chi connectivity index (χ1) is 26.8. The molecule has 0 saturated carbocycles. The first kappa shape index (κ1) is 30.5. The van der Waals surface area contributed by atoms with E-state index in [4.69, 9.17) is 14.7 Å². The Balaban J connectivity index is 1.04. The molecule has 1 aliphatic carbocycles. The Bertz CT molecular complexity index is 2850. The van der Waals surface area contributed by atoms with Crippen molar-refractivity contribution in [2.45, 2.75) is 5.41 Å². The van der Waals surface area contributed by atoms with E-state index < -0.39 is 5.41 Å². The van der Waals surface area contributed by atoms with E-state index in [2.05, 4.69) is 182 Å². The lowest BCUT2D eigenvalue weighted by Crippen LogP contribution is -2.32. The molecule has 54 heavy (non-hydrogen) atoms. The molecule has 0 saturated heterocycles. The van der Waals surface area contributed by atoms with E-state index in [1.807, 2.05) is 12.1 Å². The summed E-state index contributed by atoms with van der Waals surface area (Å²) < 4.78 is 6.54. The molecule has 0 amide bonds. The second-order valence-corrected chi connectivity index (χ2v) is 14.1. The summed E-state index contributed by atoms with van der Waals surface area (Å²) in [5.74, 6) is 2.51. The Hall–Kier alpha value is -7.10. The maximum atomic E-state index is 6.54. The van der Waals surface area contributed by atoms with Crippen molar-refractivity contribution in [3.05, 3.63) is 216 Å². The molecule has 11 rings (SSSR count). The van der Waals surface area contributed by atoms with E-state index in [1.54, 1.807) is 0 Å². The minimum absolute atomic E-state index is 0.498. The third-order valence-corrected chi connectivity index (χ3v) is 11.2. The molecule has 0 unspecified atom stereocenters. The summed E-state index contributed by atoms with van der Waals surface area (Å²) in [4.78, 5) is 10.3. The van der Waals surface area contributed by atoms with E-state index in [9.17, 15) is 0 Å². The quantitative estimate of drug-likeness (QED) is 0.185. The molecule has 0 atom stereocenters. The lowest BCUT2D eigenvalue weighted by molar-refractivity contribution is 0.436. The average Bonchev–Trinajstić information content (AvgIpc) is 3.54. The zero-order chi connectivity index (χ0) is 35.6. The van der Waals surface area contributed by atoms with Gasteiger partial charge in [-0.25, -0.2) is 9.97 Å². The van der Waals surface area contributed by atoms with E-state index in [1.165, 1.54) is 50.1 Å². The second-order valence-electron chi connectivity index (χ2n) is 14.1. The van der Waals surface area contributed by atoms with Gasteiger partial charge >= 0.3 is 0 Å². The van der Waals surface area contributed by atoms with Gasteiger partial charge in [0.05, 0.1) is 16.6 Å². The molecule has 2 heterocycles. The van der Waals surface area contributed by atoms with Gasteiger partial charge in [-0.1, -0.05) is 176 Å². The fraction of sp³-hybridized carbons (Fsp3) is 0.0196. The minimum Gasteiger partial charge on any atom is -0.457 e. The van der Waals surface area contributed by atoms with E-state index >= 15 is 0 Å². The Labute approximate surface area is 313 Å². The Morgan fingerprint density at radius 1 is 0.352 bits per heavy atom. The van der Waals surface area contributed by atoms with Crippen molar-refractivity contribution in [1.82, 2.24) is 9.97 Å². The van der Waals surface area contributed by atoms with Crippen molar-refractivity contribution in [3.8, 4) is 67.5 Å². The smallest absolute Gasteiger partial charge is 0.160 e. The van der Waals surface area contributed by atoms with E-state index in [-0.39, 0.29) is 0 Å². The standard InChI is InChI=1S/C51H32N2O/c1-2-13-33(14-3-1)34-25-29-36(30-26-34)49-40-16-5-9-22-45(40)52-50(53-49)37-31-27-35(28-32-37)38-17-12-21-44-48(38)39-15-4-6-18-41(39)51(44)42-19-7-10-23-46(42)54-47-24-11-8-20-43(47)51/h1-32H. The summed E-state index contributed by atoms with van der Waals surface area (Å²) in [6, 6.07) is 68.9. The highest BCUT2D eigenvalue weighted by Gasteiger charge is 2.51. The fourth-order valence-corrected chi connectivity index (χ4v) is 8.82. The maximum Gasteiger partial charge on any atom is 0.160 e. The monoisotopic (exact) mass is 688 g/mol. The first-order valence-corrected chi connectivity index (χ1v) is 18.4. The first-order valence-electron chi connectivity index (χ1n) is 18.4. The van der Waals surface area contributed by atoms with Crippen molar-refractivity contribution in [1.29, 1.82) is 0 Å². The van der Waals surface area contributed by atoms with Crippen LogP contribution in [0.25, 0.3) is 66.9 Å². The van der Waals surface area contributed by atoms with Crippen molar-refractivity contribution < 1.29 is 4.74 Å². The molecule has 2 aliphatic rings. The van der Waals surface area contributed by atoms with Crippen LogP contribution < -0.4 is 4.74 Å². The van der Waals surface area contributed by atoms with Gasteiger partial charge in [0, 0.05) is 27.6 Å². The molecule has 0 radical (unpaired) electrons. The number of fused-ring (bicyclic) bond motifs is 10. The largest absolute Gasteiger partial charge is 0.457 e. The molecule has 1 spiro atoms. The highest BCUT2D eigenvalue weighted by Crippen LogP contribution is 2.63. The summed E-state index contributed by atoms with van der Waals surface area (Å²) >= 11 is 0. The van der Waals surface area contributed by atoms with Gasteiger partial charge in [0.15, 0.2) is 5.82 Å². The summed E-state index contributed by atoms with van der Waals surface area (Å²) in [5, 5.41) is 1.04. The number of aromatic nitrogens is 2. The molecule has 3 nitrogen and oxygen atoms in total. The predicted octanol–water partition coefficient (Wildman–Crippen LogP) is 12.8. The van der Waals surface area contributed by atoms with E-state index in [0.717, 1.165) is 44.8 Å². The molecule has 252 valence electrons. The minimum atomic E-state index is -0.498. The number of ether oxygens (including phenoxy) is 1. The Morgan fingerprint density at radius 2 is 0.889 bits per heavy atom. The summed E-state index contributed by atoms with van der Waals surface area (Å²) in [5.41, 5.74) is 15.5. The number of hydrogen-bond donors (Lipinski definition) is 0. The van der Waals surface area contributed by atoms with Gasteiger partial charge < -0.3 is 4.74 Å². The zero-order valence-electron chi connectivity index (χ0n) is 29.3. The number of para-hydroxylation sites is 3. The Kier molecular flexibility index (Phi) is 6.77. The fourth-order valence-electron chi connectivity index (χ4n) is 8.82. The molecule has 3 heteroatoms. The van der Waals surface area contributed by atoms with Crippen molar-refractivity contribution >= 4 is 10.9 Å². The third kappa shape index (κ3) is 4.49. The summed E-state index contributed by atoms with van der Waals surface area (Å²) in [6.07, 6.45) is 0. The van der Waals surface area contributed by atoms with E-state index in [0.29, 0.717) is 5.82 Å². The lowest BCUT2D eigenvalue weighted by atomic mass is 9.66. The highest BCUT2D eigenvalue weighted by atomic mass is 16.5. The zero-order valence-corrected chi connectivity index (χ0v) is 29.3. The topological polar surface area (TPSA) is 35.0 Å². The lowest BCUT2D eigenvalue weighted by Gasteiger charge is -2.39. The third-order valence-electron chi connectivity index (χ3n) is 11.2. The number of hydrogen-bond acceptors (Lipinski definition) is 3. The molecular formula is C51H32N2O. The number of benzene rings is 8. The molecule has 1 aromatic heterocycles. The van der Waals surface area contributed by atoms with Gasteiger partial charge in [-0.2, -0.15) is 0 Å². The van der Waals surface area contributed by atoms with Gasteiger partial charge in [0.1, 0.15) is 11.5 Å². The maximum absolute atomic E-state index is 6.54. The van der Waals surface area contributed by atoms with Gasteiger partial charge in [-0.3, -0.25) is 0 Å². The van der Waals surface area contributed by atoms with Gasteiger partial charge in [0.2, 0.25) is 0 Å². The van der Waals surface area contributed by atoms with Crippen molar-refractivity contribution in [2.75, 3.05) is 0 Å². The van der Waals surface area contributed by atoms with Gasteiger partial charge in [-0.05, 0) is 62.7 Å². The van der Waals surface area contributed by atoms with Crippen LogP contribution >= 0.6 is 0 Å². The van der Waals surface area contributed by atoms with Crippen LogP contribution in [0.15, 0.2) is 194 Å². The van der Waals surface area contributed by atoms with Crippen molar-refractivity contribution in [2.24, 2.45) is 0 Å². The molecule has 0 bridgehead atoms. The summed E-state index contributed by atoms with van der Waals surface area (Å²) in [6.45, 7) is 0. The normalized spacial score (nSPS) is 13.1. The number of rotatable bonds is 4. The van der Waals surface area contributed by atoms with Crippen LogP contribution in [0.3, 0.4) is 0 Å². The average molecular weight is 689 g/mol. The van der Waals surface area contributed by atoms with Crippen LogP contribution in [0.2, 0.25) is 0 Å². The van der Waals surface area contributed by atoms with Gasteiger partial charge in [0.25, 0.3) is 0 Å². The SMILES string of the molecule is c1ccc(-c2ccc(-c3nc(-c4ccc(-c5cccc6c5-c5ccccc5C65c6ccccc6Oc6ccccc65)cc4)nc4ccccc34)cc2)cc1. The molecule has 9 aromatic rings. The summed E-state index contributed by atoms with van der Waals surface area (Å²) in [7, 11) is 0. The van der Waals surface area contributed by atoms with Crippen LogP contribution in [0.5, 0.6) is 11.5 Å². The number of nitrogens with zero attached hydrogens (tertiary/aromatic N) is 2. The van der Waals surface area contributed by atoms with Crippen LogP contribution in [0, 0.1) is 0 Å². The van der Waals surface area contributed by atoms with Crippen LogP contribution in [0.1, 0.15) is 22.3 Å². The molecular weight excluding hydrogens is 657 g/mol. The van der Waals surface area contributed by atoms with Crippen LogP contribution in [0.4, 0.5) is 0 Å². The molecule has 0 N–H and O–H groups in total. The van der Waals surface area contributed by atoms with Crippen LogP contribution in [-0.4, -0.2) is 9.97 Å². The predicted molar refractivity (Wildman–Crippen MR) is 219 cm³/mol. The van der Waals surface area contributed by atoms with Crippen molar-refractivity contribution in [3.63, 3.8) is 0 Å².